The van der Waals surface area contributed by atoms with Crippen LogP contribution in [0, 0.1) is 11.8 Å². The molecule has 0 radical (unpaired) electrons. The van der Waals surface area contributed by atoms with E-state index in [2.05, 4.69) is 17.1 Å². The maximum atomic E-state index is 5.74. The highest BCUT2D eigenvalue weighted by Gasteiger charge is 2.26. The molecule has 2 rings (SSSR count). The highest BCUT2D eigenvalue weighted by molar-refractivity contribution is 4.84. The van der Waals surface area contributed by atoms with Crippen LogP contribution in [-0.2, 0) is 0 Å². The molecule has 2 unspecified atom stereocenters. The molecular weight excluding hydrogens is 234 g/mol. The van der Waals surface area contributed by atoms with Gasteiger partial charge in [0.25, 0.3) is 0 Å². The largest absolute Gasteiger partial charge is 0.329 e. The molecule has 2 fully saturated rings. The third kappa shape index (κ3) is 5.05. The van der Waals surface area contributed by atoms with E-state index in [1.54, 1.807) is 0 Å². The number of hydrogen-bond donors (Lipinski definition) is 2. The molecule has 1 saturated heterocycles. The fourth-order valence-electron chi connectivity index (χ4n) is 3.98. The van der Waals surface area contributed by atoms with Crippen molar-refractivity contribution in [3.63, 3.8) is 0 Å². The summed E-state index contributed by atoms with van der Waals surface area (Å²) in [6.45, 7) is 7.91. The molecule has 1 aliphatic heterocycles. The Morgan fingerprint density at radius 3 is 2.63 bits per heavy atom. The Bertz CT molecular complexity index is 224. The van der Waals surface area contributed by atoms with Crippen molar-refractivity contribution in [1.29, 1.82) is 0 Å². The van der Waals surface area contributed by atoms with Gasteiger partial charge in [-0.1, -0.05) is 26.2 Å². The minimum absolute atomic E-state index is 0.706. The lowest BCUT2D eigenvalue weighted by Crippen LogP contribution is -2.51. The maximum absolute atomic E-state index is 5.74. The number of piperidine rings is 1. The van der Waals surface area contributed by atoms with Gasteiger partial charge in [0.05, 0.1) is 0 Å². The summed E-state index contributed by atoms with van der Waals surface area (Å²) in [5.74, 6) is 1.83. The van der Waals surface area contributed by atoms with Crippen LogP contribution in [0.25, 0.3) is 0 Å². The van der Waals surface area contributed by atoms with E-state index < -0.39 is 0 Å². The van der Waals surface area contributed by atoms with Gasteiger partial charge in [-0.2, -0.15) is 0 Å². The number of nitrogens with zero attached hydrogens (tertiary/aromatic N) is 1. The van der Waals surface area contributed by atoms with E-state index >= 15 is 0 Å². The molecule has 0 aromatic carbocycles. The minimum Gasteiger partial charge on any atom is -0.329 e. The van der Waals surface area contributed by atoms with Gasteiger partial charge in [-0.3, -0.25) is 0 Å². The van der Waals surface area contributed by atoms with E-state index in [1.165, 1.54) is 64.6 Å². The van der Waals surface area contributed by atoms with Crippen molar-refractivity contribution in [3.8, 4) is 0 Å². The number of likely N-dealkylation sites (tertiary alicyclic amines) is 1. The van der Waals surface area contributed by atoms with Crippen LogP contribution >= 0.6 is 0 Å². The van der Waals surface area contributed by atoms with Gasteiger partial charge in [-0.05, 0) is 44.1 Å². The Morgan fingerprint density at radius 2 is 1.95 bits per heavy atom. The van der Waals surface area contributed by atoms with E-state index in [1.807, 2.05) is 0 Å². The van der Waals surface area contributed by atoms with Crippen LogP contribution in [0.5, 0.6) is 0 Å². The summed E-state index contributed by atoms with van der Waals surface area (Å²) in [5.41, 5.74) is 5.74. The monoisotopic (exact) mass is 267 g/mol. The van der Waals surface area contributed by atoms with Gasteiger partial charge in [0, 0.05) is 32.2 Å². The summed E-state index contributed by atoms with van der Waals surface area (Å²) < 4.78 is 0. The normalized spacial score (nSPS) is 30.0. The molecule has 0 amide bonds. The van der Waals surface area contributed by atoms with Crippen LogP contribution < -0.4 is 11.1 Å². The van der Waals surface area contributed by atoms with Crippen molar-refractivity contribution in [1.82, 2.24) is 10.2 Å². The van der Waals surface area contributed by atoms with Gasteiger partial charge >= 0.3 is 0 Å². The molecule has 1 saturated carbocycles. The second-order valence-corrected chi connectivity index (χ2v) is 6.69. The van der Waals surface area contributed by atoms with Crippen LogP contribution in [-0.4, -0.2) is 43.7 Å². The standard InChI is InChI=1S/C16H33N3/c1-2-5-15-10-16(13-19(12-15)9-8-17)18-11-14-6-3-4-7-14/h14-16,18H,2-13,17H2,1H3. The first-order valence-electron chi connectivity index (χ1n) is 8.47. The Morgan fingerprint density at radius 1 is 1.16 bits per heavy atom. The average molecular weight is 267 g/mol. The van der Waals surface area contributed by atoms with Gasteiger partial charge < -0.3 is 16.0 Å². The Labute approximate surface area is 119 Å². The Balaban J connectivity index is 1.76. The van der Waals surface area contributed by atoms with Crippen molar-refractivity contribution in [2.75, 3.05) is 32.7 Å². The van der Waals surface area contributed by atoms with E-state index in [-0.39, 0.29) is 0 Å². The van der Waals surface area contributed by atoms with Crippen LogP contribution in [0.15, 0.2) is 0 Å². The molecule has 19 heavy (non-hydrogen) atoms. The van der Waals surface area contributed by atoms with Crippen LogP contribution in [0.3, 0.4) is 0 Å². The molecule has 112 valence electrons. The molecule has 0 bridgehead atoms. The summed E-state index contributed by atoms with van der Waals surface area (Å²) in [6, 6.07) is 0.706. The first-order chi connectivity index (χ1) is 9.31. The first-order valence-corrected chi connectivity index (χ1v) is 8.47. The predicted octanol–water partition coefficient (Wildman–Crippen LogP) is 2.22. The number of rotatable bonds is 7. The molecule has 0 spiro atoms. The third-order valence-corrected chi connectivity index (χ3v) is 4.93. The van der Waals surface area contributed by atoms with Crippen molar-refractivity contribution in [3.05, 3.63) is 0 Å². The van der Waals surface area contributed by atoms with Crippen molar-refractivity contribution >= 4 is 0 Å². The van der Waals surface area contributed by atoms with Gasteiger partial charge in [0.1, 0.15) is 0 Å². The second kappa shape index (κ2) is 8.23. The molecular formula is C16H33N3. The summed E-state index contributed by atoms with van der Waals surface area (Å²) >= 11 is 0. The molecule has 0 aromatic rings. The SMILES string of the molecule is CCCC1CC(NCC2CCCC2)CN(CCN)C1. The highest BCUT2D eigenvalue weighted by Crippen LogP contribution is 2.25. The highest BCUT2D eigenvalue weighted by atomic mass is 15.2. The van der Waals surface area contributed by atoms with E-state index in [0.29, 0.717) is 6.04 Å². The van der Waals surface area contributed by atoms with Crippen LogP contribution in [0.4, 0.5) is 0 Å². The number of nitrogens with two attached hydrogens (primary N) is 1. The lowest BCUT2D eigenvalue weighted by molar-refractivity contribution is 0.136. The Hall–Kier alpha value is -0.120. The van der Waals surface area contributed by atoms with E-state index in [4.69, 9.17) is 5.73 Å². The van der Waals surface area contributed by atoms with Gasteiger partial charge in [0.15, 0.2) is 0 Å². The van der Waals surface area contributed by atoms with E-state index in [0.717, 1.165) is 24.9 Å². The molecule has 1 heterocycles. The van der Waals surface area contributed by atoms with Crippen LogP contribution in [0.1, 0.15) is 51.9 Å². The molecule has 0 aromatic heterocycles. The fraction of sp³-hybridized carbons (Fsp3) is 1.00. The Kier molecular flexibility index (Phi) is 6.62. The van der Waals surface area contributed by atoms with E-state index in [9.17, 15) is 0 Å². The van der Waals surface area contributed by atoms with Gasteiger partial charge in [0.2, 0.25) is 0 Å². The molecule has 2 aliphatic rings. The number of hydrogen-bond acceptors (Lipinski definition) is 3. The molecule has 3 heteroatoms. The zero-order valence-corrected chi connectivity index (χ0v) is 12.7. The lowest BCUT2D eigenvalue weighted by atomic mass is 9.90. The lowest BCUT2D eigenvalue weighted by Gasteiger charge is -2.38. The quantitative estimate of drug-likeness (QED) is 0.743. The molecule has 3 N–H and O–H groups in total. The summed E-state index contributed by atoms with van der Waals surface area (Å²) in [4.78, 5) is 2.58. The topological polar surface area (TPSA) is 41.3 Å². The molecule has 3 nitrogen and oxygen atoms in total. The summed E-state index contributed by atoms with van der Waals surface area (Å²) in [6.07, 6.45) is 9.87. The zero-order chi connectivity index (χ0) is 13.5. The van der Waals surface area contributed by atoms with Crippen molar-refractivity contribution < 1.29 is 0 Å². The summed E-state index contributed by atoms with van der Waals surface area (Å²) in [7, 11) is 0. The maximum Gasteiger partial charge on any atom is 0.0198 e. The zero-order valence-electron chi connectivity index (χ0n) is 12.7. The predicted molar refractivity (Wildman–Crippen MR) is 82.3 cm³/mol. The molecule has 2 atom stereocenters. The molecule has 1 aliphatic carbocycles. The fourth-order valence-corrected chi connectivity index (χ4v) is 3.98. The minimum atomic E-state index is 0.706. The van der Waals surface area contributed by atoms with Crippen molar-refractivity contribution in [2.45, 2.75) is 57.9 Å². The van der Waals surface area contributed by atoms with Gasteiger partial charge in [-0.15, -0.1) is 0 Å². The second-order valence-electron chi connectivity index (χ2n) is 6.69. The van der Waals surface area contributed by atoms with Crippen LogP contribution in [0.2, 0.25) is 0 Å². The summed E-state index contributed by atoms with van der Waals surface area (Å²) in [5, 5.41) is 3.86. The first kappa shape index (κ1) is 15.3. The number of nitrogens with one attached hydrogen (secondary N) is 1. The average Bonchev–Trinajstić information content (AvgIpc) is 2.90. The van der Waals surface area contributed by atoms with Gasteiger partial charge in [-0.25, -0.2) is 0 Å². The smallest absolute Gasteiger partial charge is 0.0198 e. The van der Waals surface area contributed by atoms with Crippen molar-refractivity contribution in [2.24, 2.45) is 17.6 Å². The third-order valence-electron chi connectivity index (χ3n) is 4.93.